The van der Waals surface area contributed by atoms with Crippen LogP contribution in [0.2, 0.25) is 0 Å². The van der Waals surface area contributed by atoms with Gasteiger partial charge in [0.15, 0.2) is 0 Å². The van der Waals surface area contributed by atoms with E-state index in [0.717, 1.165) is 23.3 Å². The zero-order valence-electron chi connectivity index (χ0n) is 14.3. The van der Waals surface area contributed by atoms with Gasteiger partial charge < -0.3 is 4.74 Å². The van der Waals surface area contributed by atoms with Crippen LogP contribution in [0.5, 0.6) is 0 Å². The number of benzene rings is 2. The van der Waals surface area contributed by atoms with Gasteiger partial charge in [-0.3, -0.25) is 0 Å². The van der Waals surface area contributed by atoms with Crippen molar-refractivity contribution < 1.29 is 26.3 Å². The Morgan fingerprint density at radius 2 is 1.89 bits per heavy atom. The Labute approximate surface area is 155 Å². The van der Waals surface area contributed by atoms with Crippen molar-refractivity contribution in [1.29, 1.82) is 0 Å². The summed E-state index contributed by atoms with van der Waals surface area (Å²) in [4.78, 5) is 0. The minimum atomic E-state index is -4.47. The van der Waals surface area contributed by atoms with Crippen molar-refractivity contribution >= 4 is 10.0 Å². The lowest BCUT2D eigenvalue weighted by Gasteiger charge is -2.29. The molecule has 4 rings (SSSR count). The van der Waals surface area contributed by atoms with Gasteiger partial charge in [0.25, 0.3) is 0 Å². The molecule has 2 aromatic carbocycles. The van der Waals surface area contributed by atoms with Crippen LogP contribution >= 0.6 is 0 Å². The van der Waals surface area contributed by atoms with Crippen LogP contribution in [-0.4, -0.2) is 31.2 Å². The van der Waals surface area contributed by atoms with Crippen LogP contribution in [-0.2, 0) is 33.9 Å². The Hall–Kier alpha value is -1.90. The molecule has 0 amide bonds. The molecule has 1 fully saturated rings. The highest BCUT2D eigenvalue weighted by atomic mass is 32.2. The van der Waals surface area contributed by atoms with Crippen LogP contribution in [0, 0.1) is 0 Å². The highest BCUT2D eigenvalue weighted by molar-refractivity contribution is 7.89. The van der Waals surface area contributed by atoms with Gasteiger partial charge >= 0.3 is 6.18 Å². The van der Waals surface area contributed by atoms with Crippen LogP contribution in [0.1, 0.15) is 28.3 Å². The van der Waals surface area contributed by atoms with Gasteiger partial charge in [-0.05, 0) is 22.8 Å². The smallest absolute Gasteiger partial charge is 0.375 e. The van der Waals surface area contributed by atoms with Crippen molar-refractivity contribution in [2.75, 3.05) is 12.4 Å². The molecule has 0 N–H and O–H groups in total. The van der Waals surface area contributed by atoms with E-state index >= 15 is 0 Å². The minimum Gasteiger partial charge on any atom is -0.375 e. The summed E-state index contributed by atoms with van der Waals surface area (Å²) in [6.07, 6.45) is -4.21. The Balaban J connectivity index is 1.74. The van der Waals surface area contributed by atoms with Crippen molar-refractivity contribution in [3.05, 3.63) is 70.8 Å². The van der Waals surface area contributed by atoms with Crippen molar-refractivity contribution in [2.24, 2.45) is 0 Å². The molecule has 1 saturated heterocycles. The first-order valence-corrected chi connectivity index (χ1v) is 10.2. The maximum absolute atomic E-state index is 13.0. The Morgan fingerprint density at radius 3 is 2.67 bits per heavy atom. The molecule has 4 nitrogen and oxygen atoms in total. The fourth-order valence-corrected chi connectivity index (χ4v) is 5.33. The normalized spacial score (nSPS) is 24.9. The Kier molecular flexibility index (Phi) is 4.52. The van der Waals surface area contributed by atoms with E-state index in [9.17, 15) is 21.6 Å². The van der Waals surface area contributed by atoms with Gasteiger partial charge in [-0.15, -0.1) is 0 Å². The molecular weight excluding hydrogens is 379 g/mol. The first-order chi connectivity index (χ1) is 12.8. The predicted molar refractivity (Wildman–Crippen MR) is 93.4 cm³/mol. The average molecular weight is 397 g/mol. The van der Waals surface area contributed by atoms with E-state index in [1.165, 1.54) is 16.4 Å². The van der Waals surface area contributed by atoms with Gasteiger partial charge in [-0.25, -0.2) is 8.42 Å². The largest absolute Gasteiger partial charge is 0.416 e. The molecule has 0 radical (unpaired) electrons. The fraction of sp³-hybridized carbons (Fsp3) is 0.368. The Morgan fingerprint density at radius 1 is 1.11 bits per heavy atom. The number of rotatable bonds is 2. The summed E-state index contributed by atoms with van der Waals surface area (Å²) in [5.41, 5.74) is 1.39. The maximum Gasteiger partial charge on any atom is 0.416 e. The topological polar surface area (TPSA) is 46.6 Å². The standard InChI is InChI=1S/C19H18F3NO3S/c20-19(21,22)15-6-3-4-13(10-15)12-23-18-16-7-2-1-5-14(16)11-17(18)26-8-9-27(23,24)25/h1-7,10,17-18H,8-9,11-12H2. The number of ether oxygens (including phenoxy) is 1. The van der Waals surface area contributed by atoms with E-state index < -0.39 is 27.8 Å². The first kappa shape index (κ1) is 18.5. The summed E-state index contributed by atoms with van der Waals surface area (Å²) in [6.45, 7) is -0.0400. The molecule has 8 heteroatoms. The molecule has 2 aliphatic rings. The summed E-state index contributed by atoms with van der Waals surface area (Å²) in [5.74, 6) is -0.179. The first-order valence-electron chi connectivity index (χ1n) is 8.61. The number of alkyl halides is 3. The van der Waals surface area contributed by atoms with Crippen molar-refractivity contribution in [3.63, 3.8) is 0 Å². The van der Waals surface area contributed by atoms with Crippen LogP contribution in [0.25, 0.3) is 0 Å². The second-order valence-electron chi connectivity index (χ2n) is 6.82. The van der Waals surface area contributed by atoms with E-state index in [0.29, 0.717) is 12.0 Å². The van der Waals surface area contributed by atoms with Crippen LogP contribution in [0.4, 0.5) is 13.2 Å². The Bertz CT molecular complexity index is 959. The zero-order valence-corrected chi connectivity index (χ0v) is 15.1. The average Bonchev–Trinajstić information content (AvgIpc) is 2.91. The molecule has 1 aliphatic carbocycles. The van der Waals surface area contributed by atoms with Crippen LogP contribution in [0.15, 0.2) is 48.5 Å². The SMILES string of the molecule is O=S1(=O)CCOC2Cc3ccccc3C2N1Cc1cccc(C(F)(F)F)c1. The third-order valence-electron chi connectivity index (χ3n) is 5.08. The molecule has 0 aromatic heterocycles. The fourth-order valence-electron chi connectivity index (χ4n) is 3.85. The molecule has 0 spiro atoms. The summed E-state index contributed by atoms with van der Waals surface area (Å²) in [5, 5.41) is 0. The van der Waals surface area contributed by atoms with Crippen LogP contribution < -0.4 is 0 Å². The molecular formula is C19H18F3NO3S. The molecule has 144 valence electrons. The summed E-state index contributed by atoms with van der Waals surface area (Å²) in [7, 11) is -3.68. The van der Waals surface area contributed by atoms with Crippen molar-refractivity contribution in [2.45, 2.75) is 31.3 Å². The van der Waals surface area contributed by atoms with Crippen molar-refractivity contribution in [3.8, 4) is 0 Å². The van der Waals surface area contributed by atoms with Crippen molar-refractivity contribution in [1.82, 2.24) is 4.31 Å². The second-order valence-corrected chi connectivity index (χ2v) is 8.86. The lowest BCUT2D eigenvalue weighted by molar-refractivity contribution is -0.137. The number of hydrogen-bond donors (Lipinski definition) is 0. The molecule has 27 heavy (non-hydrogen) atoms. The van der Waals surface area contributed by atoms with Crippen LogP contribution in [0.3, 0.4) is 0 Å². The molecule has 0 saturated carbocycles. The minimum absolute atomic E-state index is 0.0799. The molecule has 0 bridgehead atoms. The van der Waals surface area contributed by atoms with Gasteiger partial charge in [0, 0.05) is 13.0 Å². The molecule has 1 heterocycles. The molecule has 2 unspecified atom stereocenters. The predicted octanol–water partition coefficient (Wildman–Crippen LogP) is 3.53. The van der Waals surface area contributed by atoms with Gasteiger partial charge in [-0.1, -0.05) is 42.5 Å². The maximum atomic E-state index is 13.0. The van der Waals surface area contributed by atoms with Gasteiger partial charge in [0.05, 0.1) is 30.1 Å². The summed E-state index contributed by atoms with van der Waals surface area (Å²) in [6, 6.07) is 11.8. The molecule has 2 aromatic rings. The third kappa shape index (κ3) is 3.49. The third-order valence-corrected chi connectivity index (χ3v) is 6.83. The molecule has 2 atom stereocenters. The van der Waals surface area contributed by atoms with E-state index in [1.807, 2.05) is 24.3 Å². The molecule has 1 aliphatic heterocycles. The highest BCUT2D eigenvalue weighted by Crippen LogP contribution is 2.41. The van der Waals surface area contributed by atoms with Gasteiger partial charge in [-0.2, -0.15) is 17.5 Å². The van der Waals surface area contributed by atoms with E-state index in [4.69, 9.17) is 4.74 Å². The summed E-state index contributed by atoms with van der Waals surface area (Å²) >= 11 is 0. The summed E-state index contributed by atoms with van der Waals surface area (Å²) < 4.78 is 71.9. The lowest BCUT2D eigenvalue weighted by Crippen LogP contribution is -2.37. The number of fused-ring (bicyclic) bond motifs is 3. The van der Waals surface area contributed by atoms with E-state index in [2.05, 4.69) is 0 Å². The lowest BCUT2D eigenvalue weighted by atomic mass is 10.1. The monoisotopic (exact) mass is 397 g/mol. The quantitative estimate of drug-likeness (QED) is 0.779. The highest BCUT2D eigenvalue weighted by Gasteiger charge is 2.44. The number of sulfonamides is 1. The number of halogens is 3. The number of nitrogens with zero attached hydrogens (tertiary/aromatic N) is 1. The number of hydrogen-bond acceptors (Lipinski definition) is 3. The van der Waals surface area contributed by atoms with Gasteiger partial charge in [0.1, 0.15) is 0 Å². The van der Waals surface area contributed by atoms with E-state index in [-0.39, 0.29) is 25.0 Å². The van der Waals surface area contributed by atoms with E-state index in [1.54, 1.807) is 0 Å². The zero-order chi connectivity index (χ0) is 19.2. The van der Waals surface area contributed by atoms with Gasteiger partial charge in [0.2, 0.25) is 10.0 Å². The second kappa shape index (κ2) is 6.61.